The molecule has 1 aliphatic rings. The van der Waals surface area contributed by atoms with Gasteiger partial charge >= 0.3 is 0 Å². The summed E-state index contributed by atoms with van der Waals surface area (Å²) >= 11 is 3.19. The van der Waals surface area contributed by atoms with Crippen LogP contribution in [0.2, 0.25) is 0 Å². The molecule has 0 radical (unpaired) electrons. The standard InChI is InChI=1S/C24H25N3O3S2/c28-22(25-15-20-9-5-13-32-20)14-21-24(30)26(16-18-6-2-1-3-7-18)17-23(29)27(21)11-10-19-8-4-12-31-19/h1-9,12-13,21H,10-11,14-17H2,(H,25,28). The SMILES string of the molecule is O=C(CC1C(=O)N(Cc2ccccc2)CC(=O)N1CCc1cccs1)NCc1cccs1. The van der Waals surface area contributed by atoms with Gasteiger partial charge in [-0.1, -0.05) is 42.5 Å². The Kier molecular flexibility index (Phi) is 7.34. The van der Waals surface area contributed by atoms with Crippen LogP contribution < -0.4 is 5.32 Å². The Labute approximate surface area is 195 Å². The van der Waals surface area contributed by atoms with E-state index in [0.717, 1.165) is 15.3 Å². The smallest absolute Gasteiger partial charge is 0.246 e. The summed E-state index contributed by atoms with van der Waals surface area (Å²) in [7, 11) is 0. The van der Waals surface area contributed by atoms with E-state index in [9.17, 15) is 14.4 Å². The van der Waals surface area contributed by atoms with Gasteiger partial charge in [0.1, 0.15) is 12.6 Å². The third kappa shape index (κ3) is 5.63. The largest absolute Gasteiger partial charge is 0.351 e. The highest BCUT2D eigenvalue weighted by Gasteiger charge is 2.40. The highest BCUT2D eigenvalue weighted by Crippen LogP contribution is 2.20. The second-order valence-corrected chi connectivity index (χ2v) is 9.74. The second kappa shape index (κ2) is 10.6. The summed E-state index contributed by atoms with van der Waals surface area (Å²) in [6.45, 7) is 1.24. The molecule has 32 heavy (non-hydrogen) atoms. The van der Waals surface area contributed by atoms with E-state index in [-0.39, 0.29) is 30.7 Å². The van der Waals surface area contributed by atoms with Crippen LogP contribution in [0.25, 0.3) is 0 Å². The van der Waals surface area contributed by atoms with Crippen molar-refractivity contribution < 1.29 is 14.4 Å². The molecule has 1 fully saturated rings. The number of nitrogens with one attached hydrogen (secondary N) is 1. The van der Waals surface area contributed by atoms with Crippen molar-refractivity contribution in [2.75, 3.05) is 13.1 Å². The number of nitrogens with zero attached hydrogens (tertiary/aromatic N) is 2. The molecule has 0 aliphatic carbocycles. The highest BCUT2D eigenvalue weighted by molar-refractivity contribution is 7.10. The van der Waals surface area contributed by atoms with Gasteiger partial charge in [-0.15, -0.1) is 22.7 Å². The topological polar surface area (TPSA) is 69.7 Å². The quantitative estimate of drug-likeness (QED) is 0.525. The molecule has 3 heterocycles. The van der Waals surface area contributed by atoms with Crippen LogP contribution in [-0.2, 0) is 33.9 Å². The predicted molar refractivity (Wildman–Crippen MR) is 126 cm³/mol. The van der Waals surface area contributed by atoms with E-state index in [4.69, 9.17) is 0 Å². The number of amides is 3. The lowest BCUT2D eigenvalue weighted by atomic mass is 10.0. The van der Waals surface area contributed by atoms with E-state index < -0.39 is 6.04 Å². The van der Waals surface area contributed by atoms with Crippen LogP contribution in [0.15, 0.2) is 65.4 Å². The molecule has 1 atom stereocenters. The molecule has 1 N–H and O–H groups in total. The average Bonchev–Trinajstić information content (AvgIpc) is 3.50. The number of hydrogen-bond acceptors (Lipinski definition) is 5. The fourth-order valence-electron chi connectivity index (χ4n) is 3.80. The van der Waals surface area contributed by atoms with Crippen LogP contribution in [0.4, 0.5) is 0 Å². The lowest BCUT2D eigenvalue weighted by molar-refractivity contribution is -0.157. The number of hydrogen-bond donors (Lipinski definition) is 1. The van der Waals surface area contributed by atoms with E-state index in [1.807, 2.05) is 65.4 Å². The number of piperazine rings is 1. The predicted octanol–water partition coefficient (Wildman–Crippen LogP) is 3.30. The van der Waals surface area contributed by atoms with Gasteiger partial charge in [-0.2, -0.15) is 0 Å². The van der Waals surface area contributed by atoms with Crippen LogP contribution in [0, 0.1) is 0 Å². The first-order chi connectivity index (χ1) is 15.6. The van der Waals surface area contributed by atoms with Gasteiger partial charge in [0.05, 0.1) is 13.0 Å². The average molecular weight is 468 g/mol. The first-order valence-corrected chi connectivity index (χ1v) is 12.3. The molecule has 1 aliphatic heterocycles. The van der Waals surface area contributed by atoms with Gasteiger partial charge in [-0.05, 0) is 34.9 Å². The molecule has 0 spiro atoms. The van der Waals surface area contributed by atoms with Crippen LogP contribution in [0.1, 0.15) is 21.7 Å². The van der Waals surface area contributed by atoms with Crippen molar-refractivity contribution >= 4 is 40.4 Å². The van der Waals surface area contributed by atoms with Gasteiger partial charge in [0.25, 0.3) is 0 Å². The van der Waals surface area contributed by atoms with Gasteiger partial charge in [0, 0.05) is 22.8 Å². The number of rotatable bonds is 9. The molecule has 0 saturated carbocycles. The van der Waals surface area contributed by atoms with Crippen molar-refractivity contribution in [1.29, 1.82) is 0 Å². The van der Waals surface area contributed by atoms with Crippen molar-refractivity contribution in [2.24, 2.45) is 0 Å². The molecule has 1 unspecified atom stereocenters. The summed E-state index contributed by atoms with van der Waals surface area (Å²) in [5.41, 5.74) is 0.960. The van der Waals surface area contributed by atoms with Crippen molar-refractivity contribution in [3.8, 4) is 0 Å². The van der Waals surface area contributed by atoms with E-state index >= 15 is 0 Å². The van der Waals surface area contributed by atoms with Crippen molar-refractivity contribution in [3.63, 3.8) is 0 Å². The normalized spacial score (nSPS) is 16.4. The van der Waals surface area contributed by atoms with Crippen LogP contribution in [-0.4, -0.2) is 46.7 Å². The number of carbonyl (C=O) groups is 3. The lowest BCUT2D eigenvalue weighted by Gasteiger charge is -2.40. The number of carbonyl (C=O) groups excluding carboxylic acids is 3. The van der Waals surface area contributed by atoms with Crippen LogP contribution >= 0.6 is 22.7 Å². The third-order valence-electron chi connectivity index (χ3n) is 5.43. The number of thiophene rings is 2. The minimum Gasteiger partial charge on any atom is -0.351 e. The Balaban J connectivity index is 1.47. The molecule has 3 amide bonds. The molecule has 0 bridgehead atoms. The number of benzene rings is 1. The maximum Gasteiger partial charge on any atom is 0.246 e. The maximum absolute atomic E-state index is 13.4. The minimum absolute atomic E-state index is 0.0332. The van der Waals surface area contributed by atoms with Gasteiger partial charge in [-0.3, -0.25) is 14.4 Å². The van der Waals surface area contributed by atoms with E-state index in [1.165, 1.54) is 0 Å². The Morgan fingerprint density at radius 1 is 0.969 bits per heavy atom. The van der Waals surface area contributed by atoms with Crippen LogP contribution in [0.5, 0.6) is 0 Å². The summed E-state index contributed by atoms with van der Waals surface area (Å²) in [4.78, 5) is 44.5. The van der Waals surface area contributed by atoms with Gasteiger partial charge in [0.2, 0.25) is 17.7 Å². The summed E-state index contributed by atoms with van der Waals surface area (Å²) in [5.74, 6) is -0.522. The lowest BCUT2D eigenvalue weighted by Crippen LogP contribution is -2.60. The first-order valence-electron chi connectivity index (χ1n) is 10.5. The van der Waals surface area contributed by atoms with Gasteiger partial charge in [-0.25, -0.2) is 0 Å². The summed E-state index contributed by atoms with van der Waals surface area (Å²) in [5, 5.41) is 6.84. The highest BCUT2D eigenvalue weighted by atomic mass is 32.1. The Morgan fingerprint density at radius 3 is 2.38 bits per heavy atom. The van der Waals surface area contributed by atoms with Crippen molar-refractivity contribution in [3.05, 3.63) is 80.7 Å². The molecule has 8 heteroatoms. The molecular formula is C24H25N3O3S2. The fraction of sp³-hybridized carbons (Fsp3) is 0.292. The van der Waals surface area contributed by atoms with E-state index in [0.29, 0.717) is 26.1 Å². The Morgan fingerprint density at radius 2 is 1.69 bits per heavy atom. The Bertz CT molecular complexity index is 1040. The second-order valence-electron chi connectivity index (χ2n) is 7.67. The monoisotopic (exact) mass is 467 g/mol. The molecular weight excluding hydrogens is 442 g/mol. The molecule has 166 valence electrons. The molecule has 3 aromatic rings. The molecule has 4 rings (SSSR count). The zero-order valence-corrected chi connectivity index (χ0v) is 19.2. The molecule has 6 nitrogen and oxygen atoms in total. The van der Waals surface area contributed by atoms with Crippen LogP contribution in [0.3, 0.4) is 0 Å². The van der Waals surface area contributed by atoms with Crippen molar-refractivity contribution in [2.45, 2.75) is 32.0 Å². The molecule has 1 saturated heterocycles. The van der Waals surface area contributed by atoms with Gasteiger partial charge < -0.3 is 15.1 Å². The third-order valence-corrected chi connectivity index (χ3v) is 7.25. The summed E-state index contributed by atoms with van der Waals surface area (Å²) in [6, 6.07) is 16.7. The van der Waals surface area contributed by atoms with Gasteiger partial charge in [0.15, 0.2) is 0 Å². The fourth-order valence-corrected chi connectivity index (χ4v) is 5.14. The molecule has 1 aromatic carbocycles. The summed E-state index contributed by atoms with van der Waals surface area (Å²) < 4.78 is 0. The zero-order chi connectivity index (χ0) is 22.3. The molecule has 2 aromatic heterocycles. The minimum atomic E-state index is -0.789. The van der Waals surface area contributed by atoms with Crippen molar-refractivity contribution in [1.82, 2.24) is 15.1 Å². The first kappa shape index (κ1) is 22.2. The summed E-state index contributed by atoms with van der Waals surface area (Å²) in [6.07, 6.45) is 0.633. The zero-order valence-electron chi connectivity index (χ0n) is 17.6. The Hall–Kier alpha value is -2.97. The van der Waals surface area contributed by atoms with E-state index in [2.05, 4.69) is 5.32 Å². The van der Waals surface area contributed by atoms with E-state index in [1.54, 1.807) is 32.5 Å². The maximum atomic E-state index is 13.4.